The second-order valence-corrected chi connectivity index (χ2v) is 5.85. The summed E-state index contributed by atoms with van der Waals surface area (Å²) in [4.78, 5) is 38.0. The number of carbonyl (C=O) groups is 2. The lowest BCUT2D eigenvalue weighted by Crippen LogP contribution is -2.30. The Hall–Kier alpha value is -4.21. The normalized spacial score (nSPS) is 10.1. The number of carbonyl (C=O) groups excluding carboxylic acids is 2. The Kier molecular flexibility index (Phi) is 5.83. The molecule has 2 aromatic heterocycles. The lowest BCUT2D eigenvalue weighted by Gasteiger charge is -2.23. The van der Waals surface area contributed by atoms with E-state index >= 15 is 0 Å². The number of anilines is 4. The zero-order valence-electron chi connectivity index (χ0n) is 15.8. The molecule has 0 unspecified atom stereocenters. The van der Waals surface area contributed by atoms with Crippen molar-refractivity contribution in [2.75, 3.05) is 30.2 Å². The van der Waals surface area contributed by atoms with Crippen molar-refractivity contribution in [1.82, 2.24) is 20.4 Å². The number of para-hydroxylation sites is 1. The molecule has 0 bridgehead atoms. The van der Waals surface area contributed by atoms with Crippen molar-refractivity contribution < 1.29 is 14.3 Å². The summed E-state index contributed by atoms with van der Waals surface area (Å²) in [7, 11) is 3.02. The van der Waals surface area contributed by atoms with Crippen LogP contribution in [0.2, 0.25) is 0 Å². The molecule has 10 nitrogen and oxygen atoms in total. The number of ether oxygens (including phenoxy) is 1. The minimum atomic E-state index is -0.484. The molecule has 0 aliphatic carbocycles. The lowest BCUT2D eigenvalue weighted by molar-refractivity contribution is 0.0601. The second-order valence-electron chi connectivity index (χ2n) is 5.85. The molecule has 0 spiro atoms. The molecule has 4 N–H and O–H groups in total. The number of hydrazine groups is 1. The van der Waals surface area contributed by atoms with Crippen LogP contribution in [0.5, 0.6) is 0 Å². The number of amides is 1. The van der Waals surface area contributed by atoms with Gasteiger partial charge in [-0.25, -0.2) is 14.8 Å². The fourth-order valence-electron chi connectivity index (χ4n) is 2.60. The fourth-order valence-corrected chi connectivity index (χ4v) is 2.60. The number of nitrogen functional groups attached to an aromatic ring is 1. The summed E-state index contributed by atoms with van der Waals surface area (Å²) in [5.41, 5.74) is 12.9. The molecule has 3 rings (SSSR count). The van der Waals surface area contributed by atoms with Crippen LogP contribution in [0, 0.1) is 0 Å². The SMILES string of the molecule is COC(=O)c1ccccc1N(C)c1ncnc(NNC(=O)c2cccnc2)c1N. The van der Waals surface area contributed by atoms with E-state index in [9.17, 15) is 9.59 Å². The largest absolute Gasteiger partial charge is 0.465 e. The van der Waals surface area contributed by atoms with Crippen molar-refractivity contribution >= 4 is 34.9 Å². The van der Waals surface area contributed by atoms with Gasteiger partial charge in [-0.05, 0) is 24.3 Å². The summed E-state index contributed by atoms with van der Waals surface area (Å²) in [6, 6.07) is 10.2. The molecule has 1 aromatic carbocycles. The molecule has 0 radical (unpaired) electrons. The van der Waals surface area contributed by atoms with Crippen LogP contribution in [0.15, 0.2) is 55.1 Å². The Morgan fingerprint density at radius 1 is 1.14 bits per heavy atom. The maximum absolute atomic E-state index is 12.2. The van der Waals surface area contributed by atoms with Gasteiger partial charge in [-0.2, -0.15) is 0 Å². The summed E-state index contributed by atoms with van der Waals surface area (Å²) in [5, 5.41) is 0. The maximum Gasteiger partial charge on any atom is 0.339 e. The van der Waals surface area contributed by atoms with Crippen LogP contribution in [0.25, 0.3) is 0 Å². The van der Waals surface area contributed by atoms with Crippen molar-refractivity contribution in [3.63, 3.8) is 0 Å². The first-order chi connectivity index (χ1) is 14.0. The number of hydrogen-bond donors (Lipinski definition) is 3. The molecule has 0 aliphatic heterocycles. The first kappa shape index (κ1) is 19.5. The van der Waals surface area contributed by atoms with Crippen LogP contribution >= 0.6 is 0 Å². The van der Waals surface area contributed by atoms with Crippen molar-refractivity contribution in [1.29, 1.82) is 0 Å². The van der Waals surface area contributed by atoms with Crippen molar-refractivity contribution in [2.24, 2.45) is 0 Å². The third kappa shape index (κ3) is 4.21. The Bertz CT molecular complexity index is 1030. The predicted molar refractivity (Wildman–Crippen MR) is 108 cm³/mol. The molecule has 3 aromatic rings. The molecule has 10 heteroatoms. The molecule has 29 heavy (non-hydrogen) atoms. The van der Waals surface area contributed by atoms with Gasteiger partial charge in [0.15, 0.2) is 11.6 Å². The molecule has 1 amide bonds. The molecule has 0 atom stereocenters. The third-order valence-electron chi connectivity index (χ3n) is 4.07. The summed E-state index contributed by atoms with van der Waals surface area (Å²) in [6.45, 7) is 0. The minimum absolute atomic E-state index is 0.182. The van der Waals surface area contributed by atoms with Crippen LogP contribution < -0.4 is 21.5 Å². The van der Waals surface area contributed by atoms with Gasteiger partial charge in [0, 0.05) is 19.4 Å². The van der Waals surface area contributed by atoms with E-state index in [4.69, 9.17) is 10.5 Å². The maximum atomic E-state index is 12.2. The number of pyridine rings is 1. The van der Waals surface area contributed by atoms with Gasteiger partial charge in [0.1, 0.15) is 12.0 Å². The van der Waals surface area contributed by atoms with Crippen molar-refractivity contribution in [3.8, 4) is 0 Å². The number of nitrogens with zero attached hydrogens (tertiary/aromatic N) is 4. The first-order valence-corrected chi connectivity index (χ1v) is 8.51. The number of rotatable bonds is 6. The van der Waals surface area contributed by atoms with Crippen LogP contribution in [-0.4, -0.2) is 41.0 Å². The van der Waals surface area contributed by atoms with Gasteiger partial charge < -0.3 is 15.4 Å². The van der Waals surface area contributed by atoms with E-state index < -0.39 is 11.9 Å². The smallest absolute Gasteiger partial charge is 0.339 e. The average molecular weight is 393 g/mol. The number of nitrogens with one attached hydrogen (secondary N) is 2. The van der Waals surface area contributed by atoms with Crippen molar-refractivity contribution in [3.05, 3.63) is 66.2 Å². The quantitative estimate of drug-likeness (QED) is 0.423. The van der Waals surface area contributed by atoms with Crippen LogP contribution in [0.1, 0.15) is 20.7 Å². The van der Waals surface area contributed by atoms with Crippen LogP contribution in [0.3, 0.4) is 0 Å². The standard InChI is InChI=1S/C19H19N7O3/c1-26(14-8-4-3-7-13(14)19(28)29-2)17-15(20)16(22-11-23-17)24-25-18(27)12-6-5-9-21-10-12/h3-11H,20H2,1-2H3,(H,25,27)(H,22,23,24). The van der Waals surface area contributed by atoms with E-state index in [-0.39, 0.29) is 11.5 Å². The second kappa shape index (κ2) is 8.65. The molecular weight excluding hydrogens is 374 g/mol. The number of benzene rings is 1. The van der Waals surface area contributed by atoms with E-state index in [0.717, 1.165) is 0 Å². The van der Waals surface area contributed by atoms with Crippen LogP contribution in [-0.2, 0) is 4.74 Å². The van der Waals surface area contributed by atoms with Gasteiger partial charge in [-0.1, -0.05) is 12.1 Å². The molecule has 0 saturated heterocycles. The summed E-state index contributed by atoms with van der Waals surface area (Å²) >= 11 is 0. The Morgan fingerprint density at radius 3 is 2.66 bits per heavy atom. The van der Waals surface area contributed by atoms with E-state index in [1.807, 2.05) is 0 Å². The average Bonchev–Trinajstić information content (AvgIpc) is 2.77. The molecule has 2 heterocycles. The Labute approximate surface area is 166 Å². The number of methoxy groups -OCH3 is 1. The molecule has 0 fully saturated rings. The highest BCUT2D eigenvalue weighted by Crippen LogP contribution is 2.32. The highest BCUT2D eigenvalue weighted by molar-refractivity contribution is 5.98. The fraction of sp³-hybridized carbons (Fsp3) is 0.105. The number of nitrogens with two attached hydrogens (primary N) is 1. The van der Waals surface area contributed by atoms with Gasteiger partial charge in [0.25, 0.3) is 5.91 Å². The third-order valence-corrected chi connectivity index (χ3v) is 4.07. The van der Waals surface area contributed by atoms with E-state index in [1.165, 1.54) is 19.6 Å². The van der Waals surface area contributed by atoms with E-state index in [0.29, 0.717) is 22.6 Å². The zero-order chi connectivity index (χ0) is 20.8. The van der Waals surface area contributed by atoms with Gasteiger partial charge in [0.05, 0.1) is 23.9 Å². The van der Waals surface area contributed by atoms with Gasteiger partial charge >= 0.3 is 5.97 Å². The number of hydrogen-bond acceptors (Lipinski definition) is 9. The minimum Gasteiger partial charge on any atom is -0.465 e. The summed E-state index contributed by atoms with van der Waals surface area (Å²) in [6.07, 6.45) is 4.30. The molecular formula is C19H19N7O3. The lowest BCUT2D eigenvalue weighted by atomic mass is 10.1. The van der Waals surface area contributed by atoms with Gasteiger partial charge in [0.2, 0.25) is 0 Å². The predicted octanol–water partition coefficient (Wildman–Crippen LogP) is 1.77. The Balaban J connectivity index is 1.84. The Morgan fingerprint density at radius 2 is 1.93 bits per heavy atom. The molecule has 0 aliphatic rings. The number of esters is 1. The topological polar surface area (TPSA) is 135 Å². The van der Waals surface area contributed by atoms with Crippen molar-refractivity contribution in [2.45, 2.75) is 0 Å². The van der Waals surface area contributed by atoms with E-state index in [1.54, 1.807) is 54.5 Å². The number of aromatic nitrogens is 3. The molecule has 148 valence electrons. The highest BCUT2D eigenvalue weighted by Gasteiger charge is 2.19. The van der Waals surface area contributed by atoms with Crippen LogP contribution in [0.4, 0.5) is 23.0 Å². The van der Waals surface area contributed by atoms with Gasteiger partial charge in [-0.3, -0.25) is 20.6 Å². The first-order valence-electron chi connectivity index (χ1n) is 8.51. The monoisotopic (exact) mass is 393 g/mol. The van der Waals surface area contributed by atoms with Gasteiger partial charge in [-0.15, -0.1) is 0 Å². The summed E-state index contributed by atoms with van der Waals surface area (Å²) in [5.74, 6) is -0.340. The van der Waals surface area contributed by atoms with E-state index in [2.05, 4.69) is 25.8 Å². The highest BCUT2D eigenvalue weighted by atomic mass is 16.5. The summed E-state index contributed by atoms with van der Waals surface area (Å²) < 4.78 is 4.83. The molecule has 0 saturated carbocycles. The zero-order valence-corrected chi connectivity index (χ0v) is 15.8.